The molecular formula is C13H14N2O5S. The number of methoxy groups -OCH3 is 1. The van der Waals surface area contributed by atoms with Gasteiger partial charge in [-0.05, 0) is 19.1 Å². The van der Waals surface area contributed by atoms with Gasteiger partial charge in [0.25, 0.3) is 11.1 Å². The Morgan fingerprint density at radius 3 is 2.90 bits per heavy atom. The number of carbonyl (C=O) groups is 1. The first-order chi connectivity index (χ1) is 10.1. The molecule has 0 amide bonds. The molecule has 0 saturated heterocycles. The fourth-order valence-electron chi connectivity index (χ4n) is 1.50. The van der Waals surface area contributed by atoms with Crippen molar-refractivity contribution in [3.63, 3.8) is 0 Å². The van der Waals surface area contributed by atoms with E-state index in [1.165, 1.54) is 0 Å². The topological polar surface area (TPSA) is 94.7 Å². The maximum atomic E-state index is 10.5. The second-order valence-electron chi connectivity index (χ2n) is 4.03. The van der Waals surface area contributed by atoms with E-state index in [-0.39, 0.29) is 16.9 Å². The maximum absolute atomic E-state index is 10.5. The average molecular weight is 310 g/mol. The number of ether oxygens (including phenoxy) is 2. The zero-order chi connectivity index (χ0) is 15.2. The van der Waals surface area contributed by atoms with Crippen LogP contribution >= 0.6 is 11.8 Å². The van der Waals surface area contributed by atoms with Gasteiger partial charge in [0.1, 0.15) is 17.3 Å². The van der Waals surface area contributed by atoms with Gasteiger partial charge in [0, 0.05) is 6.07 Å². The molecule has 1 atom stereocenters. The molecule has 8 heteroatoms. The van der Waals surface area contributed by atoms with Crippen LogP contribution in [0.4, 0.5) is 0 Å². The molecule has 0 spiro atoms. The number of aliphatic carboxylic acids is 1. The first kappa shape index (κ1) is 15.2. The number of thioether (sulfide) groups is 1. The van der Waals surface area contributed by atoms with Gasteiger partial charge in [0.15, 0.2) is 6.10 Å². The van der Waals surface area contributed by atoms with Crippen LogP contribution < -0.4 is 9.47 Å². The molecule has 1 N–H and O–H groups in total. The fraction of sp³-hybridized carbons (Fsp3) is 0.308. The molecule has 112 valence electrons. The van der Waals surface area contributed by atoms with Crippen molar-refractivity contribution in [2.75, 3.05) is 12.9 Å². The van der Waals surface area contributed by atoms with E-state index in [0.29, 0.717) is 11.5 Å². The highest BCUT2D eigenvalue weighted by atomic mass is 32.2. The number of carboxylic acids is 1. The van der Waals surface area contributed by atoms with E-state index in [4.69, 9.17) is 19.0 Å². The van der Waals surface area contributed by atoms with E-state index < -0.39 is 12.1 Å². The standard InChI is InChI=1S/C13H14N2O5S/c1-8(19-10-5-3-4-9(6-10)18-2)12-14-15-13(20-12)21-7-11(16)17/h3-6,8H,7H2,1-2H3,(H,16,17). The summed E-state index contributed by atoms with van der Waals surface area (Å²) >= 11 is 0.964. The highest BCUT2D eigenvalue weighted by Gasteiger charge is 2.16. The van der Waals surface area contributed by atoms with Gasteiger partial charge >= 0.3 is 5.97 Å². The van der Waals surface area contributed by atoms with Crippen molar-refractivity contribution >= 4 is 17.7 Å². The minimum absolute atomic E-state index is 0.132. The summed E-state index contributed by atoms with van der Waals surface area (Å²) in [5.74, 6) is 0.501. The van der Waals surface area contributed by atoms with Crippen LogP contribution in [0, 0.1) is 0 Å². The summed E-state index contributed by atoms with van der Waals surface area (Å²) in [6.07, 6.45) is -0.455. The Kier molecular flexibility index (Phi) is 5.04. The molecule has 0 aliphatic carbocycles. The molecule has 0 fully saturated rings. The summed E-state index contributed by atoms with van der Waals surface area (Å²) < 4.78 is 16.1. The Morgan fingerprint density at radius 1 is 1.43 bits per heavy atom. The lowest BCUT2D eigenvalue weighted by Gasteiger charge is -2.11. The van der Waals surface area contributed by atoms with E-state index in [0.717, 1.165) is 11.8 Å². The molecule has 1 aromatic carbocycles. The number of hydrogen-bond donors (Lipinski definition) is 1. The summed E-state index contributed by atoms with van der Waals surface area (Å²) in [6, 6.07) is 7.15. The van der Waals surface area contributed by atoms with Gasteiger partial charge in [0.05, 0.1) is 7.11 Å². The molecule has 2 aromatic rings. The van der Waals surface area contributed by atoms with Gasteiger partial charge in [0.2, 0.25) is 0 Å². The SMILES string of the molecule is COc1cccc(OC(C)c2nnc(SCC(=O)O)o2)c1. The summed E-state index contributed by atoms with van der Waals surface area (Å²) in [6.45, 7) is 1.76. The van der Waals surface area contributed by atoms with Crippen LogP contribution in [0.2, 0.25) is 0 Å². The second-order valence-corrected chi connectivity index (χ2v) is 4.95. The van der Waals surface area contributed by atoms with Gasteiger partial charge < -0.3 is 19.0 Å². The first-order valence-electron chi connectivity index (χ1n) is 6.07. The van der Waals surface area contributed by atoms with Gasteiger partial charge in [-0.15, -0.1) is 10.2 Å². The number of rotatable bonds is 7. The Morgan fingerprint density at radius 2 is 2.19 bits per heavy atom. The molecule has 0 bridgehead atoms. The predicted molar refractivity (Wildman–Crippen MR) is 74.7 cm³/mol. The molecule has 0 radical (unpaired) electrons. The maximum Gasteiger partial charge on any atom is 0.314 e. The number of aromatic nitrogens is 2. The summed E-state index contributed by atoms with van der Waals surface area (Å²) in [5.41, 5.74) is 0. The molecule has 0 saturated carbocycles. The zero-order valence-corrected chi connectivity index (χ0v) is 12.3. The second kappa shape index (κ2) is 6.98. The molecule has 7 nitrogen and oxygen atoms in total. The van der Waals surface area contributed by atoms with E-state index in [9.17, 15) is 4.79 Å². The molecule has 1 unspecified atom stereocenters. The molecular weight excluding hydrogens is 296 g/mol. The Balaban J connectivity index is 1.99. The van der Waals surface area contributed by atoms with Crippen molar-refractivity contribution in [1.29, 1.82) is 0 Å². The molecule has 0 aliphatic heterocycles. The van der Waals surface area contributed by atoms with E-state index in [2.05, 4.69) is 10.2 Å². The van der Waals surface area contributed by atoms with Crippen LogP contribution in [0.5, 0.6) is 11.5 Å². The quantitative estimate of drug-likeness (QED) is 0.779. The fourth-order valence-corrected chi connectivity index (χ4v) is 1.99. The van der Waals surface area contributed by atoms with E-state index in [1.54, 1.807) is 26.2 Å². The molecule has 21 heavy (non-hydrogen) atoms. The first-order valence-corrected chi connectivity index (χ1v) is 7.05. The largest absolute Gasteiger partial charge is 0.497 e. The van der Waals surface area contributed by atoms with E-state index in [1.807, 2.05) is 12.1 Å². The summed E-state index contributed by atoms with van der Waals surface area (Å²) in [4.78, 5) is 10.5. The van der Waals surface area contributed by atoms with Crippen LogP contribution in [0.1, 0.15) is 18.9 Å². The Bertz CT molecular complexity index is 616. The van der Waals surface area contributed by atoms with Crippen LogP contribution in [0.3, 0.4) is 0 Å². The van der Waals surface area contributed by atoms with Crippen molar-refractivity contribution in [2.24, 2.45) is 0 Å². The van der Waals surface area contributed by atoms with Gasteiger partial charge in [-0.3, -0.25) is 4.79 Å². The number of nitrogens with zero attached hydrogens (tertiary/aromatic N) is 2. The van der Waals surface area contributed by atoms with Gasteiger partial charge in [-0.1, -0.05) is 17.8 Å². The minimum atomic E-state index is -0.944. The highest BCUT2D eigenvalue weighted by Crippen LogP contribution is 2.26. The Labute approximate surface area is 125 Å². The van der Waals surface area contributed by atoms with Crippen molar-refractivity contribution in [3.05, 3.63) is 30.2 Å². The van der Waals surface area contributed by atoms with Gasteiger partial charge in [-0.2, -0.15) is 0 Å². The zero-order valence-electron chi connectivity index (χ0n) is 11.5. The number of carboxylic acid groups (broad SMARTS) is 1. The third-order valence-electron chi connectivity index (χ3n) is 2.44. The lowest BCUT2D eigenvalue weighted by Crippen LogP contribution is -2.03. The van der Waals surface area contributed by atoms with Crippen LogP contribution in [-0.4, -0.2) is 34.1 Å². The predicted octanol–water partition coefficient (Wildman–Crippen LogP) is 2.39. The van der Waals surface area contributed by atoms with Crippen molar-refractivity contribution in [1.82, 2.24) is 10.2 Å². The summed E-state index contributed by atoms with van der Waals surface area (Å²) in [7, 11) is 1.58. The van der Waals surface area contributed by atoms with Crippen molar-refractivity contribution in [2.45, 2.75) is 18.3 Å². The molecule has 2 rings (SSSR count). The average Bonchev–Trinajstić information content (AvgIpc) is 2.94. The highest BCUT2D eigenvalue weighted by molar-refractivity contribution is 7.99. The number of benzene rings is 1. The molecule has 0 aliphatic rings. The van der Waals surface area contributed by atoms with Crippen molar-refractivity contribution < 1.29 is 23.8 Å². The Hall–Kier alpha value is -2.22. The third kappa shape index (κ3) is 4.38. The summed E-state index contributed by atoms with van der Waals surface area (Å²) in [5, 5.41) is 16.4. The lowest BCUT2D eigenvalue weighted by atomic mass is 10.3. The minimum Gasteiger partial charge on any atom is -0.497 e. The van der Waals surface area contributed by atoms with Crippen LogP contribution in [-0.2, 0) is 4.79 Å². The van der Waals surface area contributed by atoms with Gasteiger partial charge in [-0.25, -0.2) is 0 Å². The number of hydrogen-bond acceptors (Lipinski definition) is 7. The van der Waals surface area contributed by atoms with Crippen LogP contribution in [0.25, 0.3) is 0 Å². The lowest BCUT2D eigenvalue weighted by molar-refractivity contribution is -0.133. The van der Waals surface area contributed by atoms with Crippen molar-refractivity contribution in [3.8, 4) is 11.5 Å². The normalized spacial score (nSPS) is 11.9. The third-order valence-corrected chi connectivity index (χ3v) is 3.25. The molecule has 1 heterocycles. The smallest absolute Gasteiger partial charge is 0.314 e. The van der Waals surface area contributed by atoms with Crippen LogP contribution in [0.15, 0.2) is 33.9 Å². The molecule has 1 aromatic heterocycles. The van der Waals surface area contributed by atoms with E-state index >= 15 is 0 Å². The monoisotopic (exact) mass is 310 g/mol.